The second-order valence-corrected chi connectivity index (χ2v) is 9.19. The molecule has 3 heterocycles. The molecule has 0 saturated carbocycles. The van der Waals surface area contributed by atoms with Gasteiger partial charge in [0.05, 0.1) is 16.6 Å². The van der Waals surface area contributed by atoms with Crippen molar-refractivity contribution in [2.45, 2.75) is 0 Å². The third kappa shape index (κ3) is 3.17. The van der Waals surface area contributed by atoms with Crippen LogP contribution >= 0.6 is 0 Å². The molecule has 0 spiro atoms. The predicted molar refractivity (Wildman–Crippen MR) is 159 cm³/mol. The predicted octanol–water partition coefficient (Wildman–Crippen LogP) is 8.56. The maximum absolute atomic E-state index is 5.29. The number of aromatic nitrogens is 4. The molecule has 4 nitrogen and oxygen atoms in total. The Kier molecular flexibility index (Phi) is 5.05. The van der Waals surface area contributed by atoms with Crippen molar-refractivity contribution in [2.75, 3.05) is 0 Å². The average Bonchev–Trinajstić information content (AvgIpc) is 3.49. The Hall–Kier alpha value is -5.22. The molecule has 0 bridgehead atoms. The van der Waals surface area contributed by atoms with E-state index in [4.69, 9.17) is 9.97 Å². The summed E-state index contributed by atoms with van der Waals surface area (Å²) >= 11 is 0. The summed E-state index contributed by atoms with van der Waals surface area (Å²) in [6, 6.07) is 35.5. The lowest BCUT2D eigenvalue weighted by molar-refractivity contribution is 1.05. The standard InChI is InChI=1S/C34H24N4/c1-3-14-24(4-2)37-30-22-13-10-19-27(30)31-32(37)34(36-33(35-31)23-15-6-5-7-16-23)38-28-20-11-8-17-25(28)26-18-9-12-21-29(26)38/h3-22H,1-2H2/b24-14+. The molecule has 0 aliphatic heterocycles. The third-order valence-electron chi connectivity index (χ3n) is 7.07. The van der Waals surface area contributed by atoms with Crippen molar-refractivity contribution in [2.24, 2.45) is 0 Å². The van der Waals surface area contributed by atoms with Gasteiger partial charge >= 0.3 is 0 Å². The number of allylic oxidation sites excluding steroid dienone is 4. The SMILES string of the molecule is C=C/C=C(\C=C)n1c2ccccc2c2nc(-c3ccccc3)nc(-n3c4ccccc4c4ccccc43)c21. The highest BCUT2D eigenvalue weighted by Gasteiger charge is 2.23. The summed E-state index contributed by atoms with van der Waals surface area (Å²) in [6.07, 6.45) is 5.62. The van der Waals surface area contributed by atoms with E-state index in [1.54, 1.807) is 6.08 Å². The first-order chi connectivity index (χ1) is 18.8. The third-order valence-corrected chi connectivity index (χ3v) is 7.07. The lowest BCUT2D eigenvalue weighted by Gasteiger charge is -2.14. The van der Waals surface area contributed by atoms with E-state index in [1.165, 1.54) is 10.8 Å². The van der Waals surface area contributed by atoms with Gasteiger partial charge < -0.3 is 4.57 Å². The molecule has 0 N–H and O–H groups in total. The van der Waals surface area contributed by atoms with Crippen molar-refractivity contribution in [3.63, 3.8) is 0 Å². The number of hydrogen-bond donors (Lipinski definition) is 0. The van der Waals surface area contributed by atoms with Crippen LogP contribution in [0.1, 0.15) is 0 Å². The summed E-state index contributed by atoms with van der Waals surface area (Å²) in [7, 11) is 0. The van der Waals surface area contributed by atoms with Gasteiger partial charge in [0.15, 0.2) is 11.6 Å². The summed E-state index contributed by atoms with van der Waals surface area (Å²) in [4.78, 5) is 10.5. The van der Waals surface area contributed by atoms with Crippen molar-refractivity contribution >= 4 is 49.4 Å². The molecule has 3 aromatic heterocycles. The first-order valence-corrected chi connectivity index (χ1v) is 12.6. The van der Waals surface area contributed by atoms with Gasteiger partial charge in [0.1, 0.15) is 11.0 Å². The summed E-state index contributed by atoms with van der Waals surface area (Å²) in [5, 5.41) is 3.43. The van der Waals surface area contributed by atoms with Gasteiger partial charge in [-0.3, -0.25) is 4.57 Å². The molecule has 4 heteroatoms. The van der Waals surface area contributed by atoms with Crippen molar-refractivity contribution in [1.29, 1.82) is 0 Å². The lowest BCUT2D eigenvalue weighted by atomic mass is 10.2. The molecule has 0 amide bonds. The molecule has 0 fully saturated rings. The fourth-order valence-corrected chi connectivity index (χ4v) is 5.47. The van der Waals surface area contributed by atoms with Gasteiger partial charge in [-0.2, -0.15) is 0 Å². The zero-order valence-corrected chi connectivity index (χ0v) is 20.8. The van der Waals surface area contributed by atoms with Crippen LogP contribution in [-0.2, 0) is 0 Å². The van der Waals surface area contributed by atoms with Crippen LogP contribution in [-0.4, -0.2) is 19.1 Å². The number of para-hydroxylation sites is 3. The van der Waals surface area contributed by atoms with E-state index in [0.717, 1.165) is 50.0 Å². The minimum Gasteiger partial charge on any atom is -0.305 e. The Bertz CT molecular complexity index is 2000. The fraction of sp³-hybridized carbons (Fsp3) is 0. The molecule has 0 aliphatic carbocycles. The highest BCUT2D eigenvalue weighted by molar-refractivity contribution is 6.14. The molecule has 38 heavy (non-hydrogen) atoms. The largest absolute Gasteiger partial charge is 0.305 e. The van der Waals surface area contributed by atoms with Crippen LogP contribution in [0.2, 0.25) is 0 Å². The Balaban J connectivity index is 1.75. The summed E-state index contributed by atoms with van der Waals surface area (Å²) in [5.74, 6) is 1.50. The maximum Gasteiger partial charge on any atom is 0.166 e. The normalized spacial score (nSPS) is 12.1. The maximum atomic E-state index is 5.29. The second kappa shape index (κ2) is 8.71. The van der Waals surface area contributed by atoms with Crippen molar-refractivity contribution in [3.8, 4) is 17.2 Å². The molecule has 0 atom stereocenters. The zero-order valence-electron chi connectivity index (χ0n) is 20.8. The average molecular weight is 489 g/mol. The number of hydrogen-bond acceptors (Lipinski definition) is 2. The van der Waals surface area contributed by atoms with Gasteiger partial charge in [0.25, 0.3) is 0 Å². The van der Waals surface area contributed by atoms with Crippen LogP contribution in [0, 0.1) is 0 Å². The quantitative estimate of drug-likeness (QED) is 0.228. The van der Waals surface area contributed by atoms with Crippen LogP contribution in [0.15, 0.2) is 135 Å². The number of nitrogens with zero attached hydrogens (tertiary/aromatic N) is 4. The Morgan fingerprint density at radius 2 is 1.21 bits per heavy atom. The molecule has 0 radical (unpaired) electrons. The van der Waals surface area contributed by atoms with E-state index in [1.807, 2.05) is 30.4 Å². The summed E-state index contributed by atoms with van der Waals surface area (Å²) in [5.41, 5.74) is 6.92. The van der Waals surface area contributed by atoms with E-state index in [9.17, 15) is 0 Å². The van der Waals surface area contributed by atoms with Crippen molar-refractivity contribution < 1.29 is 0 Å². The van der Waals surface area contributed by atoms with Crippen molar-refractivity contribution in [1.82, 2.24) is 19.1 Å². The van der Waals surface area contributed by atoms with Crippen LogP contribution in [0.4, 0.5) is 0 Å². The minimum atomic E-state index is 0.686. The van der Waals surface area contributed by atoms with E-state index in [0.29, 0.717) is 5.82 Å². The van der Waals surface area contributed by atoms with Crippen LogP contribution in [0.5, 0.6) is 0 Å². The highest BCUT2D eigenvalue weighted by atomic mass is 15.1. The number of fused-ring (bicyclic) bond motifs is 6. The molecule has 7 rings (SSSR count). The first-order valence-electron chi connectivity index (χ1n) is 12.6. The van der Waals surface area contributed by atoms with Crippen LogP contribution in [0.25, 0.3) is 66.6 Å². The zero-order chi connectivity index (χ0) is 25.6. The molecular formula is C34H24N4. The minimum absolute atomic E-state index is 0.686. The monoisotopic (exact) mass is 488 g/mol. The lowest BCUT2D eigenvalue weighted by Crippen LogP contribution is -2.05. The van der Waals surface area contributed by atoms with Crippen LogP contribution in [0.3, 0.4) is 0 Å². The van der Waals surface area contributed by atoms with Crippen LogP contribution < -0.4 is 0 Å². The number of rotatable bonds is 5. The Morgan fingerprint density at radius 3 is 1.84 bits per heavy atom. The summed E-state index contributed by atoms with van der Waals surface area (Å²) < 4.78 is 4.47. The molecule has 4 aromatic carbocycles. The van der Waals surface area contributed by atoms with E-state index in [2.05, 4.69) is 107 Å². The van der Waals surface area contributed by atoms with Gasteiger partial charge in [-0.1, -0.05) is 104 Å². The smallest absolute Gasteiger partial charge is 0.166 e. The Morgan fingerprint density at radius 1 is 0.632 bits per heavy atom. The number of benzene rings is 4. The molecule has 0 saturated heterocycles. The van der Waals surface area contributed by atoms with Gasteiger partial charge in [0.2, 0.25) is 0 Å². The van der Waals surface area contributed by atoms with Gasteiger partial charge in [0, 0.05) is 27.4 Å². The van der Waals surface area contributed by atoms with E-state index in [-0.39, 0.29) is 0 Å². The highest BCUT2D eigenvalue weighted by Crippen LogP contribution is 2.39. The van der Waals surface area contributed by atoms with Gasteiger partial charge in [-0.15, -0.1) is 0 Å². The van der Waals surface area contributed by atoms with Gasteiger partial charge in [-0.05, 0) is 30.4 Å². The second-order valence-electron chi connectivity index (χ2n) is 9.19. The molecule has 180 valence electrons. The topological polar surface area (TPSA) is 35.6 Å². The first kappa shape index (κ1) is 22.0. The molecule has 7 aromatic rings. The Labute approximate surface area is 220 Å². The van der Waals surface area contributed by atoms with Crippen molar-refractivity contribution in [3.05, 3.63) is 135 Å². The molecule has 0 aliphatic rings. The van der Waals surface area contributed by atoms with Gasteiger partial charge in [-0.25, -0.2) is 9.97 Å². The molecular weight excluding hydrogens is 464 g/mol. The van der Waals surface area contributed by atoms with E-state index < -0.39 is 0 Å². The molecule has 0 unspecified atom stereocenters. The summed E-state index contributed by atoms with van der Waals surface area (Å²) in [6.45, 7) is 8.07. The fourth-order valence-electron chi connectivity index (χ4n) is 5.47. The van der Waals surface area contributed by atoms with E-state index >= 15 is 0 Å².